The molecule has 2 amide bonds. The van der Waals surface area contributed by atoms with E-state index in [4.69, 9.17) is 0 Å². The van der Waals surface area contributed by atoms with Gasteiger partial charge in [0, 0.05) is 11.4 Å². The maximum absolute atomic E-state index is 12.7. The molecule has 1 aromatic rings. The molecule has 156 valence electrons. The maximum atomic E-state index is 12.7. The molecule has 0 aliphatic carbocycles. The van der Waals surface area contributed by atoms with Crippen molar-refractivity contribution in [3.8, 4) is 0 Å². The van der Waals surface area contributed by atoms with Crippen LogP contribution in [0.5, 0.6) is 0 Å². The van der Waals surface area contributed by atoms with Crippen LogP contribution in [0, 0.1) is 0 Å². The fourth-order valence-electron chi connectivity index (χ4n) is 2.36. The number of sulfone groups is 1. The molecule has 1 aliphatic rings. The zero-order chi connectivity index (χ0) is 20.8. The minimum Gasteiger partial charge on any atom is -0.308 e. The van der Waals surface area contributed by atoms with E-state index < -0.39 is 33.1 Å². The summed E-state index contributed by atoms with van der Waals surface area (Å²) in [7, 11) is -2.98. The lowest BCUT2D eigenvalue weighted by Crippen LogP contribution is -2.34. The van der Waals surface area contributed by atoms with Gasteiger partial charge in [-0.3, -0.25) is 0 Å². The van der Waals surface area contributed by atoms with Crippen molar-refractivity contribution in [1.29, 1.82) is 0 Å². The number of alkyl halides is 3. The van der Waals surface area contributed by atoms with Gasteiger partial charge in [-0.1, -0.05) is 24.8 Å². The number of unbranched alkanes of at least 4 members (excludes halogenated alkanes) is 1. The van der Waals surface area contributed by atoms with E-state index in [9.17, 15) is 26.4 Å². The number of hydrogen-bond acceptors (Lipinski definition) is 6. The Kier molecular flexibility index (Phi) is 7.70. The molecule has 0 bridgehead atoms. The summed E-state index contributed by atoms with van der Waals surface area (Å²) < 4.78 is 61.0. The van der Waals surface area contributed by atoms with Crippen molar-refractivity contribution in [3.63, 3.8) is 0 Å². The Morgan fingerprint density at radius 1 is 1.25 bits per heavy atom. The number of anilines is 1. The van der Waals surface area contributed by atoms with Gasteiger partial charge in [-0.05, 0) is 37.5 Å². The van der Waals surface area contributed by atoms with Crippen LogP contribution in [0.4, 0.5) is 23.7 Å². The van der Waals surface area contributed by atoms with Crippen LogP contribution in [0.2, 0.25) is 0 Å². The molecule has 0 saturated carbocycles. The molecule has 0 fully saturated rings. The van der Waals surface area contributed by atoms with Crippen LogP contribution in [0.25, 0.3) is 0 Å². The number of hydrogen-bond donors (Lipinski definition) is 2. The third kappa shape index (κ3) is 7.30. The lowest BCUT2D eigenvalue weighted by Gasteiger charge is -2.13. The molecule has 2 atom stereocenters. The molecule has 0 radical (unpaired) electrons. The Labute approximate surface area is 165 Å². The molecule has 28 heavy (non-hydrogen) atoms. The second kappa shape index (κ2) is 9.59. The smallest absolute Gasteiger partial charge is 0.308 e. The molecule has 0 spiro atoms. The van der Waals surface area contributed by atoms with Gasteiger partial charge in [0.15, 0.2) is 5.50 Å². The Hall–Kier alpha value is -1.82. The number of nitrogens with one attached hydrogen (secondary N) is 2. The molecule has 2 unspecified atom stereocenters. The minimum absolute atomic E-state index is 0.0148. The average Bonchev–Trinajstić information content (AvgIpc) is 3.05. The van der Waals surface area contributed by atoms with Gasteiger partial charge in [0.1, 0.15) is 15.2 Å². The van der Waals surface area contributed by atoms with Gasteiger partial charge in [0.05, 0.1) is 11.3 Å². The van der Waals surface area contributed by atoms with Crippen LogP contribution < -0.4 is 10.6 Å². The second-order valence-corrected chi connectivity index (χ2v) is 9.82. The van der Waals surface area contributed by atoms with Crippen molar-refractivity contribution in [2.75, 3.05) is 16.8 Å². The summed E-state index contributed by atoms with van der Waals surface area (Å²) in [5, 5.41) is 12.6. The van der Waals surface area contributed by atoms with Gasteiger partial charge in [-0.2, -0.15) is 23.4 Å². The van der Waals surface area contributed by atoms with Gasteiger partial charge < -0.3 is 10.6 Å². The first-order valence-corrected chi connectivity index (χ1v) is 11.4. The summed E-state index contributed by atoms with van der Waals surface area (Å²) in [4.78, 5) is 12.0. The zero-order valence-corrected chi connectivity index (χ0v) is 16.7. The normalized spacial score (nSPS) is 19.6. The number of urea groups is 1. The second-order valence-electron chi connectivity index (χ2n) is 6.08. The van der Waals surface area contributed by atoms with E-state index in [1.165, 1.54) is 23.9 Å². The fraction of sp³-hybridized carbons (Fsp3) is 0.562. The number of carbonyl (C=O) groups excluding carboxylic acids is 1. The summed E-state index contributed by atoms with van der Waals surface area (Å²) in [5.41, 5.74) is -1.48. The number of benzene rings is 1. The monoisotopic (exact) mass is 438 g/mol. The molecule has 0 aromatic heterocycles. The van der Waals surface area contributed by atoms with Gasteiger partial charge in [0.25, 0.3) is 0 Å². The van der Waals surface area contributed by atoms with E-state index in [-0.39, 0.29) is 22.6 Å². The summed E-state index contributed by atoms with van der Waals surface area (Å²) in [5.74, 6) is 0.261. The highest BCUT2D eigenvalue weighted by Gasteiger charge is 2.30. The van der Waals surface area contributed by atoms with Gasteiger partial charge in [-0.15, -0.1) is 0 Å². The highest BCUT2D eigenvalue weighted by atomic mass is 32.2. The number of amides is 2. The quantitative estimate of drug-likeness (QED) is 0.593. The predicted octanol–water partition coefficient (Wildman–Crippen LogP) is 4.24. The topological polar surface area (TPSA) is 100.0 Å². The molecule has 1 aromatic carbocycles. The number of thioether (sulfide) groups is 1. The lowest BCUT2D eigenvalue weighted by atomic mass is 10.2. The Balaban J connectivity index is 1.74. The number of nitrogens with zero attached hydrogens (tertiary/aromatic N) is 2. The minimum atomic E-state index is -4.49. The van der Waals surface area contributed by atoms with Gasteiger partial charge >= 0.3 is 12.2 Å². The standard InChI is InChI=1S/C16H21F3N4O3S2/c1-2-28(25,26)9-4-3-8-13-22-23-15(27-13)21-14(24)20-12-7-5-6-11(10-12)16(17,18)19/h5-7,10,13,15H,2-4,8-9H2,1H3,(H2,20,21,24). The molecule has 1 heterocycles. The van der Waals surface area contributed by atoms with Crippen LogP contribution in [0.3, 0.4) is 0 Å². The number of carbonyl (C=O) groups is 1. The van der Waals surface area contributed by atoms with E-state index in [1.807, 2.05) is 0 Å². The molecular weight excluding hydrogens is 417 g/mol. The summed E-state index contributed by atoms with van der Waals surface area (Å²) in [6.45, 7) is 1.61. The Bertz CT molecular complexity index is 816. The number of halogens is 3. The zero-order valence-electron chi connectivity index (χ0n) is 15.1. The van der Waals surface area contributed by atoms with E-state index in [0.717, 1.165) is 12.1 Å². The van der Waals surface area contributed by atoms with Crippen LogP contribution in [0.15, 0.2) is 34.5 Å². The van der Waals surface area contributed by atoms with Gasteiger partial charge in [-0.25, -0.2) is 13.2 Å². The average molecular weight is 438 g/mol. The highest BCUT2D eigenvalue weighted by Crippen LogP contribution is 2.31. The first-order valence-electron chi connectivity index (χ1n) is 8.59. The number of azo groups is 1. The SMILES string of the molecule is CCS(=O)(=O)CCCCC1N=NC(NC(=O)Nc2cccc(C(F)(F)F)c2)S1. The molecule has 7 nitrogen and oxygen atoms in total. The van der Waals surface area contributed by atoms with E-state index in [2.05, 4.69) is 20.9 Å². The van der Waals surface area contributed by atoms with Crippen LogP contribution in [-0.2, 0) is 16.0 Å². The lowest BCUT2D eigenvalue weighted by molar-refractivity contribution is -0.137. The van der Waals surface area contributed by atoms with Crippen molar-refractivity contribution in [1.82, 2.24) is 5.32 Å². The maximum Gasteiger partial charge on any atom is 0.416 e. The molecule has 1 aliphatic heterocycles. The molecule has 12 heteroatoms. The molecular formula is C16H21F3N4O3S2. The van der Waals surface area contributed by atoms with Crippen LogP contribution in [0.1, 0.15) is 31.7 Å². The Morgan fingerprint density at radius 3 is 2.68 bits per heavy atom. The van der Waals surface area contributed by atoms with Crippen molar-refractivity contribution in [2.24, 2.45) is 10.2 Å². The Morgan fingerprint density at radius 2 is 2.00 bits per heavy atom. The van der Waals surface area contributed by atoms with E-state index >= 15 is 0 Å². The van der Waals surface area contributed by atoms with Crippen molar-refractivity contribution in [2.45, 2.75) is 43.2 Å². The van der Waals surface area contributed by atoms with Crippen molar-refractivity contribution in [3.05, 3.63) is 29.8 Å². The first kappa shape index (κ1) is 22.5. The van der Waals surface area contributed by atoms with Gasteiger partial charge in [0.2, 0.25) is 0 Å². The predicted molar refractivity (Wildman–Crippen MR) is 102 cm³/mol. The van der Waals surface area contributed by atoms with E-state index in [1.54, 1.807) is 6.92 Å². The van der Waals surface area contributed by atoms with Crippen LogP contribution >= 0.6 is 11.8 Å². The fourth-order valence-corrected chi connectivity index (χ4v) is 4.29. The first-order chi connectivity index (χ1) is 13.1. The van der Waals surface area contributed by atoms with Crippen molar-refractivity contribution >= 4 is 33.3 Å². The molecule has 2 N–H and O–H groups in total. The largest absolute Gasteiger partial charge is 0.416 e. The van der Waals surface area contributed by atoms with Crippen LogP contribution in [-0.4, -0.2) is 36.8 Å². The number of rotatable bonds is 8. The third-order valence-electron chi connectivity index (χ3n) is 3.88. The summed E-state index contributed by atoms with van der Waals surface area (Å²) >= 11 is 1.29. The third-order valence-corrected chi connectivity index (χ3v) is 6.79. The summed E-state index contributed by atoms with van der Waals surface area (Å²) in [6, 6.07) is 3.63. The van der Waals surface area contributed by atoms with E-state index in [0.29, 0.717) is 19.3 Å². The highest BCUT2D eigenvalue weighted by molar-refractivity contribution is 8.00. The molecule has 2 rings (SSSR count). The summed E-state index contributed by atoms with van der Waals surface area (Å²) in [6.07, 6.45) is -2.66. The molecule has 0 saturated heterocycles. The van der Waals surface area contributed by atoms with Crippen molar-refractivity contribution < 1.29 is 26.4 Å².